The summed E-state index contributed by atoms with van der Waals surface area (Å²) in [6.07, 6.45) is 3.23. The van der Waals surface area contributed by atoms with Gasteiger partial charge in [-0.25, -0.2) is 9.37 Å². The highest BCUT2D eigenvalue weighted by Crippen LogP contribution is 2.34. The number of amides is 1. The van der Waals surface area contributed by atoms with Gasteiger partial charge >= 0.3 is 0 Å². The highest BCUT2D eigenvalue weighted by Gasteiger charge is 2.36. The van der Waals surface area contributed by atoms with Crippen molar-refractivity contribution in [2.45, 2.75) is 38.4 Å². The molecule has 0 radical (unpaired) electrons. The van der Waals surface area contributed by atoms with Crippen LogP contribution in [0.3, 0.4) is 0 Å². The molecule has 2 aromatic carbocycles. The van der Waals surface area contributed by atoms with Crippen LogP contribution in [0.2, 0.25) is 5.02 Å². The maximum Gasteiger partial charge on any atom is 0.261 e. The predicted molar refractivity (Wildman–Crippen MR) is 106 cm³/mol. The van der Waals surface area contributed by atoms with Gasteiger partial charge in [-0.2, -0.15) is 0 Å². The molecule has 1 atom stereocenters. The molecule has 28 heavy (non-hydrogen) atoms. The van der Waals surface area contributed by atoms with E-state index in [4.69, 9.17) is 11.6 Å². The molecule has 1 aromatic heterocycles. The van der Waals surface area contributed by atoms with Crippen LogP contribution in [0.25, 0.3) is 10.9 Å². The second-order valence-electron chi connectivity index (χ2n) is 7.10. The number of fused-ring (bicyclic) bond motifs is 1. The SMILES string of the molecule is CC(c1ccc(Cl)cc1)N(C(=O)Cn1cnc2ccc(F)cc2c1=O)C1CC1. The van der Waals surface area contributed by atoms with Crippen molar-refractivity contribution in [1.29, 1.82) is 0 Å². The van der Waals surface area contributed by atoms with E-state index in [0.29, 0.717) is 10.5 Å². The molecule has 0 saturated heterocycles. The highest BCUT2D eigenvalue weighted by molar-refractivity contribution is 6.30. The molecule has 7 heteroatoms. The van der Waals surface area contributed by atoms with Crippen LogP contribution >= 0.6 is 11.6 Å². The Balaban J connectivity index is 1.62. The lowest BCUT2D eigenvalue weighted by Gasteiger charge is -2.30. The molecule has 1 heterocycles. The summed E-state index contributed by atoms with van der Waals surface area (Å²) < 4.78 is 14.8. The number of halogens is 2. The van der Waals surface area contributed by atoms with Gasteiger partial charge in [0.15, 0.2) is 0 Å². The monoisotopic (exact) mass is 399 g/mol. The Morgan fingerprint density at radius 2 is 2.00 bits per heavy atom. The maximum absolute atomic E-state index is 13.5. The first-order valence-corrected chi connectivity index (χ1v) is 9.53. The molecule has 0 aliphatic heterocycles. The van der Waals surface area contributed by atoms with Gasteiger partial charge in [0.05, 0.1) is 23.3 Å². The fourth-order valence-corrected chi connectivity index (χ4v) is 3.59. The van der Waals surface area contributed by atoms with Crippen molar-refractivity contribution in [3.05, 3.63) is 75.5 Å². The summed E-state index contributed by atoms with van der Waals surface area (Å²) in [5.74, 6) is -0.670. The Kier molecular flexibility index (Phi) is 4.89. The summed E-state index contributed by atoms with van der Waals surface area (Å²) in [6.45, 7) is 1.84. The molecule has 5 nitrogen and oxygen atoms in total. The predicted octanol–water partition coefficient (Wildman–Crippen LogP) is 3.94. The van der Waals surface area contributed by atoms with Crippen LogP contribution in [0.15, 0.2) is 53.6 Å². The smallest absolute Gasteiger partial charge is 0.261 e. The number of nitrogens with zero attached hydrogens (tertiary/aromatic N) is 3. The number of hydrogen-bond donors (Lipinski definition) is 0. The summed E-state index contributed by atoms with van der Waals surface area (Å²) in [7, 11) is 0. The van der Waals surface area contributed by atoms with Crippen LogP contribution in [-0.4, -0.2) is 26.4 Å². The Bertz CT molecular complexity index is 1090. The number of carbonyl (C=O) groups excluding carboxylic acids is 1. The van der Waals surface area contributed by atoms with E-state index in [9.17, 15) is 14.0 Å². The molecule has 1 saturated carbocycles. The third kappa shape index (κ3) is 3.64. The molecule has 144 valence electrons. The lowest BCUT2D eigenvalue weighted by molar-refractivity contribution is -0.134. The Morgan fingerprint density at radius 1 is 1.29 bits per heavy atom. The minimum atomic E-state index is -0.508. The van der Waals surface area contributed by atoms with Crippen LogP contribution < -0.4 is 5.56 Å². The van der Waals surface area contributed by atoms with Gasteiger partial charge in [-0.3, -0.25) is 14.2 Å². The molecule has 1 aliphatic carbocycles. The van der Waals surface area contributed by atoms with Gasteiger partial charge in [-0.15, -0.1) is 0 Å². The maximum atomic E-state index is 13.5. The molecular weight excluding hydrogens is 381 g/mol. The van der Waals surface area contributed by atoms with Crippen LogP contribution in [-0.2, 0) is 11.3 Å². The van der Waals surface area contributed by atoms with Gasteiger partial charge in [0, 0.05) is 11.1 Å². The summed E-state index contributed by atoms with van der Waals surface area (Å²) in [5, 5.41) is 0.806. The van der Waals surface area contributed by atoms with Crippen molar-refractivity contribution in [3.63, 3.8) is 0 Å². The second kappa shape index (κ2) is 7.36. The number of carbonyl (C=O) groups is 1. The normalized spacial score (nSPS) is 14.8. The van der Waals surface area contributed by atoms with Crippen LogP contribution in [0.5, 0.6) is 0 Å². The average Bonchev–Trinajstić information content (AvgIpc) is 3.50. The quantitative estimate of drug-likeness (QED) is 0.653. The third-order valence-corrected chi connectivity index (χ3v) is 5.34. The third-order valence-electron chi connectivity index (χ3n) is 5.09. The number of benzene rings is 2. The van der Waals surface area contributed by atoms with Crippen LogP contribution in [0.4, 0.5) is 4.39 Å². The molecule has 1 fully saturated rings. The molecule has 1 amide bonds. The van der Waals surface area contributed by atoms with Gasteiger partial charge in [-0.1, -0.05) is 23.7 Å². The Labute approximate surface area is 166 Å². The van der Waals surface area contributed by atoms with Crippen LogP contribution in [0.1, 0.15) is 31.4 Å². The van der Waals surface area contributed by atoms with Crippen molar-refractivity contribution >= 4 is 28.4 Å². The molecular formula is C21H19ClFN3O2. The number of hydrogen-bond acceptors (Lipinski definition) is 3. The highest BCUT2D eigenvalue weighted by atomic mass is 35.5. The fraction of sp³-hybridized carbons (Fsp3) is 0.286. The number of rotatable bonds is 5. The van der Waals surface area contributed by atoms with Gasteiger partial charge in [0.2, 0.25) is 5.91 Å². The molecule has 3 aromatic rings. The lowest BCUT2D eigenvalue weighted by Crippen LogP contribution is -2.39. The topological polar surface area (TPSA) is 55.2 Å². The largest absolute Gasteiger partial charge is 0.331 e. The standard InChI is InChI=1S/C21H19ClFN3O2/c1-13(14-2-4-15(22)5-3-14)26(17-7-8-17)20(27)11-25-12-24-19-9-6-16(23)10-18(19)21(25)28/h2-6,9-10,12-13,17H,7-8,11H2,1H3. The minimum Gasteiger partial charge on any atom is -0.331 e. The molecule has 1 unspecified atom stereocenters. The molecule has 4 rings (SSSR count). The number of aromatic nitrogens is 2. The van der Waals surface area contributed by atoms with Crippen molar-refractivity contribution in [2.24, 2.45) is 0 Å². The zero-order valence-corrected chi connectivity index (χ0v) is 16.1. The fourth-order valence-electron chi connectivity index (χ4n) is 3.46. The van der Waals surface area contributed by atoms with Crippen molar-refractivity contribution in [2.75, 3.05) is 0 Å². The van der Waals surface area contributed by atoms with E-state index in [-0.39, 0.29) is 29.9 Å². The van der Waals surface area contributed by atoms with E-state index in [2.05, 4.69) is 4.98 Å². The van der Waals surface area contributed by atoms with Crippen molar-refractivity contribution < 1.29 is 9.18 Å². The van der Waals surface area contributed by atoms with E-state index in [1.807, 2.05) is 24.0 Å². The lowest BCUT2D eigenvalue weighted by atomic mass is 10.1. The summed E-state index contributed by atoms with van der Waals surface area (Å²) in [5.41, 5.74) is 0.965. The minimum absolute atomic E-state index is 0.132. The zero-order chi connectivity index (χ0) is 19.8. The van der Waals surface area contributed by atoms with E-state index in [1.54, 1.807) is 12.1 Å². The molecule has 0 spiro atoms. The van der Waals surface area contributed by atoms with Gasteiger partial charge in [0.25, 0.3) is 5.56 Å². The zero-order valence-electron chi connectivity index (χ0n) is 15.3. The van der Waals surface area contributed by atoms with E-state index in [0.717, 1.165) is 24.5 Å². The van der Waals surface area contributed by atoms with E-state index >= 15 is 0 Å². The molecule has 0 N–H and O–H groups in total. The average molecular weight is 400 g/mol. The van der Waals surface area contributed by atoms with Gasteiger partial charge in [-0.05, 0) is 55.7 Å². The van der Waals surface area contributed by atoms with E-state index in [1.165, 1.54) is 23.0 Å². The second-order valence-corrected chi connectivity index (χ2v) is 7.54. The van der Waals surface area contributed by atoms with Gasteiger partial charge in [0.1, 0.15) is 12.4 Å². The first kappa shape index (κ1) is 18.6. The summed E-state index contributed by atoms with van der Waals surface area (Å²) in [4.78, 5) is 31.7. The summed E-state index contributed by atoms with van der Waals surface area (Å²) in [6, 6.07) is 11.3. The summed E-state index contributed by atoms with van der Waals surface area (Å²) >= 11 is 5.96. The first-order valence-electron chi connectivity index (χ1n) is 9.15. The Morgan fingerprint density at radius 3 is 2.68 bits per heavy atom. The van der Waals surface area contributed by atoms with Crippen molar-refractivity contribution in [3.8, 4) is 0 Å². The Hall–Kier alpha value is -2.73. The van der Waals surface area contributed by atoms with Crippen molar-refractivity contribution in [1.82, 2.24) is 14.5 Å². The molecule has 0 bridgehead atoms. The van der Waals surface area contributed by atoms with Crippen LogP contribution in [0, 0.1) is 5.82 Å². The molecule has 1 aliphatic rings. The van der Waals surface area contributed by atoms with E-state index < -0.39 is 11.4 Å². The first-order chi connectivity index (χ1) is 13.4. The van der Waals surface area contributed by atoms with Gasteiger partial charge < -0.3 is 4.90 Å².